The van der Waals surface area contributed by atoms with Crippen LogP contribution in [-0.4, -0.2) is 11.9 Å². The molecule has 172 valence electrons. The average Bonchev–Trinajstić information content (AvgIpc) is 3.21. The van der Waals surface area contributed by atoms with E-state index in [0.717, 1.165) is 28.3 Å². The van der Waals surface area contributed by atoms with E-state index in [4.69, 9.17) is 9.47 Å². The molecule has 0 fully saturated rings. The van der Waals surface area contributed by atoms with Gasteiger partial charge in [0.05, 0.1) is 5.41 Å². The molecular formula is C31H24O4. The van der Waals surface area contributed by atoms with Gasteiger partial charge in [-0.3, -0.25) is 4.79 Å². The molecule has 4 nitrogen and oxygen atoms in total. The second-order valence-corrected chi connectivity index (χ2v) is 8.34. The summed E-state index contributed by atoms with van der Waals surface area (Å²) in [6.07, 6.45) is 1.46. The van der Waals surface area contributed by atoms with Gasteiger partial charge in [0, 0.05) is 12.5 Å². The molecule has 1 aliphatic carbocycles. The first-order chi connectivity index (χ1) is 17.1. The van der Waals surface area contributed by atoms with Crippen molar-refractivity contribution in [3.05, 3.63) is 132 Å². The fourth-order valence-corrected chi connectivity index (χ4v) is 4.93. The molecular weight excluding hydrogens is 436 g/mol. The molecule has 0 radical (unpaired) electrons. The maximum absolute atomic E-state index is 11.8. The zero-order valence-corrected chi connectivity index (χ0v) is 19.4. The van der Waals surface area contributed by atoms with E-state index >= 15 is 0 Å². The van der Waals surface area contributed by atoms with E-state index < -0.39 is 11.4 Å². The maximum atomic E-state index is 11.8. The number of fused-ring (bicyclic) bond motifs is 3. The van der Waals surface area contributed by atoms with Crippen LogP contribution in [0, 0.1) is 0 Å². The Morgan fingerprint density at radius 2 is 1.17 bits per heavy atom. The third-order valence-corrected chi connectivity index (χ3v) is 6.43. The van der Waals surface area contributed by atoms with Crippen molar-refractivity contribution in [1.82, 2.24) is 0 Å². The van der Waals surface area contributed by atoms with Crippen LogP contribution in [-0.2, 0) is 15.0 Å². The molecule has 4 aromatic rings. The van der Waals surface area contributed by atoms with Crippen LogP contribution in [0.5, 0.6) is 11.5 Å². The number of benzene rings is 4. The summed E-state index contributed by atoms with van der Waals surface area (Å²) in [6, 6.07) is 32.1. The molecule has 0 saturated heterocycles. The molecule has 0 heterocycles. The van der Waals surface area contributed by atoms with Crippen molar-refractivity contribution in [3.63, 3.8) is 0 Å². The highest BCUT2D eigenvalue weighted by atomic mass is 16.5. The molecule has 0 unspecified atom stereocenters. The van der Waals surface area contributed by atoms with Crippen LogP contribution in [0.25, 0.3) is 11.1 Å². The minimum Gasteiger partial charge on any atom is -0.427 e. The predicted octanol–water partition coefficient (Wildman–Crippen LogP) is 6.46. The molecule has 0 atom stereocenters. The van der Waals surface area contributed by atoms with Gasteiger partial charge in [0.1, 0.15) is 11.5 Å². The van der Waals surface area contributed by atoms with Crippen molar-refractivity contribution in [1.29, 1.82) is 0 Å². The third-order valence-electron chi connectivity index (χ3n) is 6.43. The molecule has 35 heavy (non-hydrogen) atoms. The first kappa shape index (κ1) is 22.4. The lowest BCUT2D eigenvalue weighted by molar-refractivity contribution is -0.134. The second kappa shape index (κ2) is 9.07. The van der Waals surface area contributed by atoms with Crippen LogP contribution in [0.15, 0.2) is 110 Å². The zero-order chi connectivity index (χ0) is 24.4. The van der Waals surface area contributed by atoms with Crippen LogP contribution in [0.4, 0.5) is 0 Å². The molecule has 4 heteroatoms. The minimum atomic E-state index is -0.596. The molecule has 0 amide bonds. The van der Waals surface area contributed by atoms with Gasteiger partial charge in [-0.2, -0.15) is 0 Å². The average molecular weight is 461 g/mol. The highest BCUT2D eigenvalue weighted by Crippen LogP contribution is 2.56. The van der Waals surface area contributed by atoms with Gasteiger partial charge in [0.2, 0.25) is 0 Å². The van der Waals surface area contributed by atoms with E-state index in [-0.39, 0.29) is 5.97 Å². The summed E-state index contributed by atoms with van der Waals surface area (Å²) in [6.45, 7) is 5.23. The van der Waals surface area contributed by atoms with E-state index in [9.17, 15) is 9.59 Å². The van der Waals surface area contributed by atoms with Gasteiger partial charge in [-0.15, -0.1) is 0 Å². The molecule has 0 saturated carbocycles. The Labute approximate surface area is 204 Å². The molecule has 4 aromatic carbocycles. The van der Waals surface area contributed by atoms with Crippen molar-refractivity contribution in [3.8, 4) is 22.6 Å². The monoisotopic (exact) mass is 460 g/mol. The van der Waals surface area contributed by atoms with Gasteiger partial charge in [-0.25, -0.2) is 4.79 Å². The standard InChI is InChI=1S/C31H24O4/c1-3-29(32)34-23-17-13-21(14-18-23)31(22-15-19-24(20-16-22)35-30(33)4-2)27-11-7-5-9-25(27)26-10-6-8-12-28(26)31/h3,5-20H,1,4H2,2H3. The summed E-state index contributed by atoms with van der Waals surface area (Å²) in [5.41, 5.74) is 6.15. The van der Waals surface area contributed by atoms with Gasteiger partial charge in [0.15, 0.2) is 0 Å². The summed E-state index contributed by atoms with van der Waals surface area (Å²) in [5.74, 6) is 0.201. The number of ether oxygens (including phenoxy) is 2. The highest BCUT2D eigenvalue weighted by molar-refractivity contribution is 5.86. The third kappa shape index (κ3) is 3.73. The van der Waals surface area contributed by atoms with Gasteiger partial charge >= 0.3 is 11.9 Å². The summed E-state index contributed by atoms with van der Waals surface area (Å²) in [5, 5.41) is 0. The Morgan fingerprint density at radius 3 is 1.63 bits per heavy atom. The Bertz CT molecular complexity index is 1370. The SMILES string of the molecule is C=CC(=O)Oc1ccc(C2(c3ccc(OC(=O)CC)cc3)c3ccccc3-c3ccccc32)cc1. The quantitative estimate of drug-likeness (QED) is 0.166. The smallest absolute Gasteiger partial charge is 0.335 e. The van der Waals surface area contributed by atoms with E-state index in [1.165, 1.54) is 11.1 Å². The number of rotatable bonds is 6. The van der Waals surface area contributed by atoms with E-state index in [2.05, 4.69) is 55.1 Å². The fourth-order valence-electron chi connectivity index (χ4n) is 4.93. The summed E-state index contributed by atoms with van der Waals surface area (Å²) in [7, 11) is 0. The summed E-state index contributed by atoms with van der Waals surface area (Å²) < 4.78 is 10.7. The lowest BCUT2D eigenvalue weighted by atomic mass is 9.68. The van der Waals surface area contributed by atoms with E-state index in [0.29, 0.717) is 17.9 Å². The number of esters is 2. The second-order valence-electron chi connectivity index (χ2n) is 8.34. The highest BCUT2D eigenvalue weighted by Gasteiger charge is 2.45. The largest absolute Gasteiger partial charge is 0.427 e. The number of hydrogen-bond acceptors (Lipinski definition) is 4. The zero-order valence-electron chi connectivity index (χ0n) is 19.4. The molecule has 1 aliphatic rings. The van der Waals surface area contributed by atoms with Crippen molar-refractivity contribution >= 4 is 11.9 Å². The number of carbonyl (C=O) groups excluding carboxylic acids is 2. The Kier molecular flexibility index (Phi) is 5.79. The molecule has 5 rings (SSSR count). The number of carbonyl (C=O) groups is 2. The van der Waals surface area contributed by atoms with Crippen LogP contribution in [0.3, 0.4) is 0 Å². The minimum absolute atomic E-state index is 0.270. The first-order valence-electron chi connectivity index (χ1n) is 11.5. The van der Waals surface area contributed by atoms with Crippen LogP contribution in [0.2, 0.25) is 0 Å². The predicted molar refractivity (Wildman–Crippen MR) is 136 cm³/mol. The van der Waals surface area contributed by atoms with Gasteiger partial charge in [-0.05, 0) is 57.6 Å². The Balaban J connectivity index is 1.72. The lowest BCUT2D eigenvalue weighted by Crippen LogP contribution is -2.28. The van der Waals surface area contributed by atoms with E-state index in [1.807, 2.05) is 36.4 Å². The first-order valence-corrected chi connectivity index (χ1v) is 11.5. The maximum Gasteiger partial charge on any atom is 0.335 e. The molecule has 0 bridgehead atoms. The molecule has 0 spiro atoms. The summed E-state index contributed by atoms with van der Waals surface area (Å²) >= 11 is 0. The van der Waals surface area contributed by atoms with Gasteiger partial charge < -0.3 is 9.47 Å². The van der Waals surface area contributed by atoms with Gasteiger partial charge in [-0.1, -0.05) is 86.3 Å². The normalized spacial score (nSPS) is 12.8. The van der Waals surface area contributed by atoms with Crippen LogP contribution < -0.4 is 9.47 Å². The topological polar surface area (TPSA) is 52.6 Å². The Morgan fingerprint density at radius 1 is 0.714 bits per heavy atom. The van der Waals surface area contributed by atoms with Crippen LogP contribution >= 0.6 is 0 Å². The lowest BCUT2D eigenvalue weighted by Gasteiger charge is -2.34. The van der Waals surface area contributed by atoms with Gasteiger partial charge in [0.25, 0.3) is 0 Å². The number of hydrogen-bond donors (Lipinski definition) is 0. The Hall–Kier alpha value is -4.44. The van der Waals surface area contributed by atoms with Crippen molar-refractivity contribution in [2.45, 2.75) is 18.8 Å². The summed E-state index contributed by atoms with van der Waals surface area (Å²) in [4.78, 5) is 23.5. The van der Waals surface area contributed by atoms with Crippen LogP contribution in [0.1, 0.15) is 35.6 Å². The fraction of sp³-hybridized carbons (Fsp3) is 0.0968. The molecule has 0 N–H and O–H groups in total. The van der Waals surface area contributed by atoms with E-state index in [1.54, 1.807) is 19.1 Å². The van der Waals surface area contributed by atoms with Crippen molar-refractivity contribution < 1.29 is 19.1 Å². The van der Waals surface area contributed by atoms with Crippen molar-refractivity contribution in [2.24, 2.45) is 0 Å². The molecule has 0 aliphatic heterocycles. The molecule has 0 aromatic heterocycles. The van der Waals surface area contributed by atoms with Crippen molar-refractivity contribution in [2.75, 3.05) is 0 Å².